The van der Waals surface area contributed by atoms with Crippen LogP contribution in [0.5, 0.6) is 5.75 Å². The lowest BCUT2D eigenvalue weighted by Crippen LogP contribution is -2.30. The van der Waals surface area contributed by atoms with Crippen molar-refractivity contribution in [1.29, 1.82) is 0 Å². The quantitative estimate of drug-likeness (QED) is 0.173. The van der Waals surface area contributed by atoms with Crippen molar-refractivity contribution in [2.75, 3.05) is 58.5 Å². The number of ether oxygens (including phenoxy) is 3. The molecular weight excluding hydrogens is 448 g/mol. The smallest absolute Gasteiger partial charge is 0.220 e. The van der Waals surface area contributed by atoms with Gasteiger partial charge < -0.3 is 34.6 Å². The fraction of sp³-hybridized carbons (Fsp3) is 0.652. The summed E-state index contributed by atoms with van der Waals surface area (Å²) in [6.45, 7) is 5.68. The number of hydrogen-bond acceptors (Lipinski definition) is 8. The summed E-state index contributed by atoms with van der Waals surface area (Å²) in [5.74, 6) is 0.570. The third-order valence-corrected chi connectivity index (χ3v) is 4.94. The molecule has 0 aliphatic heterocycles. The molecule has 0 radical (unpaired) electrons. The predicted octanol–water partition coefficient (Wildman–Crippen LogP) is 1.50. The lowest BCUT2D eigenvalue weighted by molar-refractivity contribution is -0.129. The minimum Gasteiger partial charge on any atom is -0.508 e. The molecule has 0 saturated carbocycles. The topological polar surface area (TPSA) is 118 Å². The number of benzene rings is 1. The summed E-state index contributed by atoms with van der Waals surface area (Å²) in [4.78, 5) is 24.8. The molecule has 9 nitrogen and oxygen atoms in total. The Bertz CT molecular complexity index is 691. The maximum Gasteiger partial charge on any atom is 0.220 e. The predicted molar refractivity (Wildman–Crippen MR) is 128 cm³/mol. The molecule has 0 fully saturated rings. The molecule has 1 aromatic carbocycles. The van der Waals surface area contributed by atoms with Crippen molar-refractivity contribution in [2.24, 2.45) is 0 Å². The summed E-state index contributed by atoms with van der Waals surface area (Å²) in [6.07, 6.45) is 1.85. The molecule has 188 valence electrons. The Hall–Kier alpha value is -1.85. The van der Waals surface area contributed by atoms with Gasteiger partial charge in [0.05, 0.1) is 33.0 Å². The van der Waals surface area contributed by atoms with Gasteiger partial charge in [0.1, 0.15) is 5.75 Å². The normalized spacial score (nSPS) is 10.9. The number of phenols is 1. The van der Waals surface area contributed by atoms with E-state index in [4.69, 9.17) is 14.2 Å². The van der Waals surface area contributed by atoms with Crippen molar-refractivity contribution in [1.82, 2.24) is 10.2 Å². The summed E-state index contributed by atoms with van der Waals surface area (Å²) in [6, 6.07) is 4.87. The third-order valence-electron chi connectivity index (χ3n) is 4.72. The van der Waals surface area contributed by atoms with Gasteiger partial charge in [-0.3, -0.25) is 9.59 Å². The molecule has 0 aliphatic carbocycles. The van der Waals surface area contributed by atoms with E-state index in [1.807, 2.05) is 0 Å². The van der Waals surface area contributed by atoms with Crippen LogP contribution in [-0.2, 0) is 37.0 Å². The van der Waals surface area contributed by atoms with Gasteiger partial charge in [0.15, 0.2) is 0 Å². The van der Waals surface area contributed by atoms with Gasteiger partial charge in [-0.05, 0) is 36.3 Å². The monoisotopic (exact) mass is 486 g/mol. The van der Waals surface area contributed by atoms with Crippen LogP contribution in [0, 0.1) is 0 Å². The summed E-state index contributed by atoms with van der Waals surface area (Å²) in [5.41, 5.74) is 1.29. The zero-order chi connectivity index (χ0) is 24.3. The number of hydrogen-bond donors (Lipinski definition) is 4. The zero-order valence-electron chi connectivity index (χ0n) is 19.5. The second-order valence-electron chi connectivity index (χ2n) is 7.43. The van der Waals surface area contributed by atoms with Crippen LogP contribution in [0.25, 0.3) is 0 Å². The number of nitrogens with one attached hydrogen (secondary N) is 1. The summed E-state index contributed by atoms with van der Waals surface area (Å²) in [7, 11) is 0. The van der Waals surface area contributed by atoms with Crippen LogP contribution < -0.4 is 5.32 Å². The van der Waals surface area contributed by atoms with Crippen LogP contribution in [-0.4, -0.2) is 85.4 Å². The molecule has 0 bridgehead atoms. The zero-order valence-corrected chi connectivity index (χ0v) is 20.4. The number of aliphatic hydroxyl groups is 1. The first-order valence-corrected chi connectivity index (χ1v) is 11.9. The number of aliphatic hydroxyl groups excluding tert-OH is 1. The number of carbonyl (C=O) groups excluding carboxylic acids is 2. The summed E-state index contributed by atoms with van der Waals surface area (Å²) < 4.78 is 16.4. The third kappa shape index (κ3) is 14.1. The van der Waals surface area contributed by atoms with Crippen LogP contribution in [0.15, 0.2) is 18.2 Å². The number of aromatic hydroxyl groups is 1. The van der Waals surface area contributed by atoms with Crippen LogP contribution >= 0.6 is 12.6 Å². The maximum atomic E-state index is 11.9. The maximum absolute atomic E-state index is 11.9. The first-order chi connectivity index (χ1) is 16.0. The molecule has 3 N–H and O–H groups in total. The Labute approximate surface area is 201 Å². The number of phenolic OH excluding ortho intramolecular Hbond substituents is 1. The van der Waals surface area contributed by atoms with E-state index in [1.54, 1.807) is 17.0 Å². The van der Waals surface area contributed by atoms with E-state index in [-0.39, 0.29) is 30.7 Å². The first-order valence-electron chi connectivity index (χ1n) is 11.3. The minimum atomic E-state index is -0.119. The van der Waals surface area contributed by atoms with Crippen molar-refractivity contribution in [3.63, 3.8) is 0 Å². The van der Waals surface area contributed by atoms with Crippen molar-refractivity contribution in [2.45, 2.75) is 39.3 Å². The fourth-order valence-corrected chi connectivity index (χ4v) is 3.11. The Balaban J connectivity index is 2.03. The number of rotatable bonds is 19. The average Bonchev–Trinajstić information content (AvgIpc) is 2.79. The van der Waals surface area contributed by atoms with E-state index in [0.717, 1.165) is 6.42 Å². The van der Waals surface area contributed by atoms with E-state index >= 15 is 0 Å². The highest BCUT2D eigenvalue weighted by Gasteiger charge is 2.12. The van der Waals surface area contributed by atoms with Gasteiger partial charge in [0.2, 0.25) is 11.8 Å². The highest BCUT2D eigenvalue weighted by molar-refractivity contribution is 7.80. The molecule has 10 heteroatoms. The summed E-state index contributed by atoms with van der Waals surface area (Å²) >= 11 is 4.01. The van der Waals surface area contributed by atoms with E-state index in [2.05, 4.69) is 17.9 Å². The Morgan fingerprint density at radius 2 is 1.67 bits per heavy atom. The van der Waals surface area contributed by atoms with E-state index in [0.29, 0.717) is 82.5 Å². The Morgan fingerprint density at radius 1 is 1.03 bits per heavy atom. The molecule has 1 aromatic rings. The first kappa shape index (κ1) is 29.2. The van der Waals surface area contributed by atoms with Gasteiger partial charge in [-0.2, -0.15) is 12.6 Å². The molecular formula is C23H38N2O7S. The van der Waals surface area contributed by atoms with Gasteiger partial charge in [-0.1, -0.05) is 6.07 Å². The molecule has 33 heavy (non-hydrogen) atoms. The number of thiol groups is 1. The van der Waals surface area contributed by atoms with Crippen molar-refractivity contribution >= 4 is 24.4 Å². The van der Waals surface area contributed by atoms with Gasteiger partial charge >= 0.3 is 0 Å². The lowest BCUT2D eigenvalue weighted by atomic mass is 10.1. The van der Waals surface area contributed by atoms with Gasteiger partial charge in [-0.15, -0.1) is 0 Å². The molecule has 0 aliphatic rings. The van der Waals surface area contributed by atoms with E-state index in [1.165, 1.54) is 13.0 Å². The number of amides is 2. The fourth-order valence-electron chi connectivity index (χ4n) is 2.91. The molecule has 0 spiro atoms. The second-order valence-corrected chi connectivity index (χ2v) is 7.88. The number of nitrogens with zero attached hydrogens (tertiary/aromatic N) is 1. The van der Waals surface area contributed by atoms with Gasteiger partial charge in [-0.25, -0.2) is 0 Å². The minimum absolute atomic E-state index is 0.00876. The standard InChI is InChI=1S/C23H38N2O7S/c1-19(27)25(17-21-16-20(18-26)4-5-22(21)28)8-3-10-31-12-14-32-13-11-30-9-2-7-24-23(29)6-15-33/h4-5,16,26,28,33H,2-3,6-15,17-18H2,1H3,(H,24,29). The molecule has 0 saturated heterocycles. The largest absolute Gasteiger partial charge is 0.508 e. The van der Waals surface area contributed by atoms with Crippen LogP contribution in [0.3, 0.4) is 0 Å². The summed E-state index contributed by atoms with van der Waals surface area (Å²) in [5, 5.41) is 22.0. The Morgan fingerprint density at radius 3 is 2.27 bits per heavy atom. The SMILES string of the molecule is CC(=O)N(CCCOCCOCCOCCCNC(=O)CCS)Cc1cc(CO)ccc1O. The van der Waals surface area contributed by atoms with Crippen molar-refractivity contribution in [3.05, 3.63) is 29.3 Å². The molecule has 0 heterocycles. The van der Waals surface area contributed by atoms with Crippen LogP contribution in [0.1, 0.15) is 37.3 Å². The highest BCUT2D eigenvalue weighted by atomic mass is 32.1. The highest BCUT2D eigenvalue weighted by Crippen LogP contribution is 2.20. The molecule has 2 amide bonds. The molecule has 0 aromatic heterocycles. The molecule has 0 unspecified atom stereocenters. The Kier molecular flexibility index (Phi) is 16.4. The number of carbonyl (C=O) groups is 2. The average molecular weight is 487 g/mol. The molecule has 0 atom stereocenters. The second kappa shape index (κ2) is 18.6. The van der Waals surface area contributed by atoms with Gasteiger partial charge in [0, 0.05) is 51.8 Å². The van der Waals surface area contributed by atoms with E-state index < -0.39 is 0 Å². The van der Waals surface area contributed by atoms with Crippen molar-refractivity contribution < 1.29 is 34.0 Å². The van der Waals surface area contributed by atoms with Crippen LogP contribution in [0.2, 0.25) is 0 Å². The van der Waals surface area contributed by atoms with Crippen molar-refractivity contribution in [3.8, 4) is 5.75 Å². The van der Waals surface area contributed by atoms with Crippen LogP contribution in [0.4, 0.5) is 0 Å². The van der Waals surface area contributed by atoms with E-state index in [9.17, 15) is 19.8 Å². The lowest BCUT2D eigenvalue weighted by Gasteiger charge is -2.22. The molecule has 1 rings (SSSR count). The van der Waals surface area contributed by atoms with Gasteiger partial charge in [0.25, 0.3) is 0 Å².